The Labute approximate surface area is 115 Å². The second-order valence-electron chi connectivity index (χ2n) is 4.02. The smallest absolute Gasteiger partial charge is 0.176 e. The molecule has 92 valence electrons. The molecule has 0 aliphatic carbocycles. The third-order valence-corrected chi connectivity index (χ3v) is 3.15. The van der Waals surface area contributed by atoms with Crippen molar-refractivity contribution in [3.63, 3.8) is 0 Å². The van der Waals surface area contributed by atoms with Gasteiger partial charge in [0, 0.05) is 16.6 Å². The van der Waals surface area contributed by atoms with Crippen molar-refractivity contribution in [2.24, 2.45) is 0 Å². The second-order valence-corrected chi connectivity index (χ2v) is 4.93. The lowest BCUT2D eigenvalue weighted by molar-refractivity contribution is 0.0991. The zero-order valence-electron chi connectivity index (χ0n) is 9.90. The van der Waals surface area contributed by atoms with Crippen molar-refractivity contribution in [3.05, 3.63) is 70.2 Å². The molecule has 2 aromatic rings. The third-order valence-electron chi connectivity index (χ3n) is 2.62. The number of hydrogen-bond donors (Lipinski definition) is 1. The molecule has 0 saturated carbocycles. The first-order chi connectivity index (χ1) is 8.75. The predicted molar refractivity (Wildman–Crippen MR) is 76.6 cm³/mol. The Morgan fingerprint density at radius 1 is 1.00 bits per heavy atom. The van der Waals surface area contributed by atoms with Gasteiger partial charge in [0.2, 0.25) is 0 Å². The fourth-order valence-corrected chi connectivity index (χ4v) is 1.92. The molecule has 0 saturated heterocycles. The summed E-state index contributed by atoms with van der Waals surface area (Å²) in [5.41, 5.74) is 1.92. The number of Topliss-reactive ketones (excluding diaryl/α,β-unsaturated/α-hetero) is 1. The fraction of sp³-hybridized carbons (Fsp3) is 0.133. The van der Waals surface area contributed by atoms with Crippen LogP contribution >= 0.6 is 15.9 Å². The normalized spacial score (nSPS) is 10.3. The van der Waals surface area contributed by atoms with E-state index in [0.717, 1.165) is 10.0 Å². The van der Waals surface area contributed by atoms with Gasteiger partial charge >= 0.3 is 0 Å². The highest BCUT2D eigenvalue weighted by Crippen LogP contribution is 2.10. The quantitative estimate of drug-likeness (QED) is 0.858. The summed E-state index contributed by atoms with van der Waals surface area (Å²) >= 11 is 3.35. The van der Waals surface area contributed by atoms with Crippen molar-refractivity contribution >= 4 is 21.7 Å². The van der Waals surface area contributed by atoms with E-state index >= 15 is 0 Å². The van der Waals surface area contributed by atoms with Crippen LogP contribution < -0.4 is 5.32 Å². The molecular weight excluding hydrogens is 290 g/mol. The Morgan fingerprint density at radius 2 is 1.67 bits per heavy atom. The Hall–Kier alpha value is -1.45. The number of ketones is 1. The zero-order valence-corrected chi connectivity index (χ0v) is 11.5. The molecule has 2 nitrogen and oxygen atoms in total. The summed E-state index contributed by atoms with van der Waals surface area (Å²) in [6.07, 6.45) is 0. The molecule has 0 spiro atoms. The van der Waals surface area contributed by atoms with Gasteiger partial charge in [-0.1, -0.05) is 58.4 Å². The topological polar surface area (TPSA) is 29.1 Å². The van der Waals surface area contributed by atoms with Gasteiger partial charge in [-0.25, -0.2) is 0 Å². The van der Waals surface area contributed by atoms with Crippen LogP contribution in [0.5, 0.6) is 0 Å². The fourth-order valence-electron chi connectivity index (χ4n) is 1.65. The van der Waals surface area contributed by atoms with Crippen molar-refractivity contribution < 1.29 is 4.79 Å². The summed E-state index contributed by atoms with van der Waals surface area (Å²) in [6, 6.07) is 17.5. The van der Waals surface area contributed by atoms with Crippen molar-refractivity contribution in [1.29, 1.82) is 0 Å². The van der Waals surface area contributed by atoms with Crippen LogP contribution in [0.15, 0.2) is 59.1 Å². The molecule has 0 heterocycles. The van der Waals surface area contributed by atoms with E-state index < -0.39 is 0 Å². The molecule has 2 rings (SSSR count). The average Bonchev–Trinajstić information content (AvgIpc) is 2.40. The number of halogens is 1. The number of carbonyl (C=O) groups excluding carboxylic acids is 1. The molecule has 0 radical (unpaired) electrons. The van der Waals surface area contributed by atoms with Crippen LogP contribution in [0, 0.1) is 0 Å². The van der Waals surface area contributed by atoms with Crippen LogP contribution in [0.1, 0.15) is 15.9 Å². The van der Waals surface area contributed by atoms with Crippen LogP contribution in [0.2, 0.25) is 0 Å². The van der Waals surface area contributed by atoms with Gasteiger partial charge in [0.1, 0.15) is 0 Å². The maximum Gasteiger partial charge on any atom is 0.176 e. The summed E-state index contributed by atoms with van der Waals surface area (Å²) in [6.45, 7) is 1.07. The number of nitrogens with one attached hydrogen (secondary N) is 1. The van der Waals surface area contributed by atoms with E-state index in [9.17, 15) is 4.79 Å². The average molecular weight is 304 g/mol. The number of benzene rings is 2. The van der Waals surface area contributed by atoms with Gasteiger partial charge in [0.15, 0.2) is 5.78 Å². The first-order valence-electron chi connectivity index (χ1n) is 5.79. The molecule has 0 fully saturated rings. The van der Waals surface area contributed by atoms with E-state index in [0.29, 0.717) is 13.1 Å². The third kappa shape index (κ3) is 3.79. The minimum absolute atomic E-state index is 0.110. The summed E-state index contributed by atoms with van der Waals surface area (Å²) in [4.78, 5) is 11.9. The van der Waals surface area contributed by atoms with Gasteiger partial charge in [-0.3, -0.25) is 4.79 Å². The largest absolute Gasteiger partial charge is 0.306 e. The van der Waals surface area contributed by atoms with Gasteiger partial charge in [-0.2, -0.15) is 0 Å². The first-order valence-corrected chi connectivity index (χ1v) is 6.58. The van der Waals surface area contributed by atoms with Crippen molar-refractivity contribution in [2.75, 3.05) is 6.54 Å². The first kappa shape index (κ1) is 13.0. The molecule has 1 N–H and O–H groups in total. The minimum Gasteiger partial charge on any atom is -0.306 e. The highest BCUT2D eigenvalue weighted by atomic mass is 79.9. The van der Waals surface area contributed by atoms with Crippen LogP contribution in [0.4, 0.5) is 0 Å². The molecule has 2 aromatic carbocycles. The minimum atomic E-state index is 0.110. The molecule has 0 atom stereocenters. The molecule has 0 aromatic heterocycles. The van der Waals surface area contributed by atoms with E-state index in [4.69, 9.17) is 0 Å². The van der Waals surface area contributed by atoms with E-state index in [1.54, 1.807) is 0 Å². The van der Waals surface area contributed by atoms with Crippen LogP contribution in [-0.2, 0) is 6.54 Å². The van der Waals surface area contributed by atoms with E-state index in [-0.39, 0.29) is 5.78 Å². The highest BCUT2D eigenvalue weighted by molar-refractivity contribution is 9.10. The zero-order chi connectivity index (χ0) is 12.8. The van der Waals surface area contributed by atoms with Crippen molar-refractivity contribution in [3.8, 4) is 0 Å². The summed E-state index contributed by atoms with van der Waals surface area (Å²) in [5.74, 6) is 0.110. The van der Waals surface area contributed by atoms with Gasteiger partial charge in [0.25, 0.3) is 0 Å². The van der Waals surface area contributed by atoms with Crippen LogP contribution in [0.25, 0.3) is 0 Å². The van der Waals surface area contributed by atoms with E-state index in [2.05, 4.69) is 21.2 Å². The van der Waals surface area contributed by atoms with Crippen LogP contribution in [0.3, 0.4) is 0 Å². The highest BCUT2D eigenvalue weighted by Gasteiger charge is 2.04. The molecule has 0 amide bonds. The van der Waals surface area contributed by atoms with E-state index in [1.807, 2.05) is 54.6 Å². The lowest BCUT2D eigenvalue weighted by Crippen LogP contribution is -2.22. The van der Waals surface area contributed by atoms with Crippen LogP contribution in [-0.4, -0.2) is 12.3 Å². The SMILES string of the molecule is O=C(CNCc1ccccc1)c1ccc(Br)cc1. The predicted octanol–water partition coefficient (Wildman–Crippen LogP) is 3.42. The lowest BCUT2D eigenvalue weighted by Gasteiger charge is -2.04. The second kappa shape index (κ2) is 6.47. The Bertz CT molecular complexity index is 508. The molecule has 0 bridgehead atoms. The maximum atomic E-state index is 11.9. The molecule has 0 aliphatic rings. The van der Waals surface area contributed by atoms with E-state index in [1.165, 1.54) is 5.56 Å². The molecule has 3 heteroatoms. The number of hydrogen-bond acceptors (Lipinski definition) is 2. The lowest BCUT2D eigenvalue weighted by atomic mass is 10.1. The standard InChI is InChI=1S/C15H14BrNO/c16-14-8-6-13(7-9-14)15(18)11-17-10-12-4-2-1-3-5-12/h1-9,17H,10-11H2. The summed E-state index contributed by atoms with van der Waals surface area (Å²) < 4.78 is 0.983. The van der Waals surface area contributed by atoms with Gasteiger partial charge in [-0.05, 0) is 17.7 Å². The molecule has 0 aliphatic heterocycles. The molecular formula is C15H14BrNO. The van der Waals surface area contributed by atoms with Gasteiger partial charge in [-0.15, -0.1) is 0 Å². The summed E-state index contributed by atoms with van der Waals surface area (Å²) in [7, 11) is 0. The number of carbonyl (C=O) groups is 1. The monoisotopic (exact) mass is 303 g/mol. The molecule has 18 heavy (non-hydrogen) atoms. The van der Waals surface area contributed by atoms with Crippen molar-refractivity contribution in [1.82, 2.24) is 5.32 Å². The maximum absolute atomic E-state index is 11.9. The Morgan fingerprint density at radius 3 is 2.33 bits per heavy atom. The number of rotatable bonds is 5. The van der Waals surface area contributed by atoms with Gasteiger partial charge in [0.05, 0.1) is 6.54 Å². The molecule has 0 unspecified atom stereocenters. The Balaban J connectivity index is 1.84. The Kier molecular flexibility index (Phi) is 4.67. The van der Waals surface area contributed by atoms with Crippen molar-refractivity contribution in [2.45, 2.75) is 6.54 Å². The van der Waals surface area contributed by atoms with Gasteiger partial charge < -0.3 is 5.32 Å². The summed E-state index contributed by atoms with van der Waals surface area (Å²) in [5, 5.41) is 3.15.